The molecule has 2 heterocycles. The Morgan fingerprint density at radius 1 is 1.18 bits per heavy atom. The van der Waals surface area contributed by atoms with Crippen LogP contribution in [-0.4, -0.2) is 45.5 Å². The number of sulfonamides is 1. The standard InChI is InChI=1S/C24H29N3O5S/c1-15-11-16(2)23(17(3)12-15)33(30,31)27-20-9-5-4-8-19(20)26-24(29)21(27)13-22(28)25-14-18-7-6-10-32-18/h4-5,8-9,11-12,18,21H,6-7,10,13-14H2,1-3H3,(H,25,28)(H,26,29). The first-order valence-corrected chi connectivity index (χ1v) is 12.5. The Hall–Kier alpha value is -2.91. The number of benzene rings is 2. The maximum atomic E-state index is 14.0. The molecule has 1 saturated heterocycles. The summed E-state index contributed by atoms with van der Waals surface area (Å²) in [5.41, 5.74) is 2.87. The molecule has 176 valence electrons. The van der Waals surface area contributed by atoms with E-state index in [0.717, 1.165) is 22.7 Å². The number of para-hydroxylation sites is 2. The molecule has 9 heteroatoms. The third-order valence-electron chi connectivity index (χ3n) is 6.04. The molecular formula is C24H29N3O5S. The molecule has 8 nitrogen and oxygen atoms in total. The molecule has 2 aromatic rings. The highest BCUT2D eigenvalue weighted by molar-refractivity contribution is 7.93. The Labute approximate surface area is 194 Å². The summed E-state index contributed by atoms with van der Waals surface area (Å²) in [6, 6.07) is 9.12. The van der Waals surface area contributed by atoms with Crippen LogP contribution in [0.3, 0.4) is 0 Å². The predicted molar refractivity (Wildman–Crippen MR) is 126 cm³/mol. The van der Waals surface area contributed by atoms with E-state index in [1.807, 2.05) is 6.92 Å². The average molecular weight is 472 g/mol. The third kappa shape index (κ3) is 4.60. The number of nitrogens with zero attached hydrogens (tertiary/aromatic N) is 1. The van der Waals surface area contributed by atoms with Crippen molar-refractivity contribution in [1.82, 2.24) is 5.32 Å². The molecule has 0 aliphatic carbocycles. The van der Waals surface area contributed by atoms with Crippen LogP contribution in [0, 0.1) is 20.8 Å². The second-order valence-corrected chi connectivity index (χ2v) is 10.4. The van der Waals surface area contributed by atoms with E-state index in [1.54, 1.807) is 50.2 Å². The Balaban J connectivity index is 1.71. The van der Waals surface area contributed by atoms with Gasteiger partial charge in [0.25, 0.3) is 10.0 Å². The van der Waals surface area contributed by atoms with E-state index in [2.05, 4.69) is 10.6 Å². The second-order valence-electron chi connectivity index (χ2n) is 8.69. The van der Waals surface area contributed by atoms with Crippen molar-refractivity contribution in [2.75, 3.05) is 22.8 Å². The number of amides is 2. The fourth-order valence-electron chi connectivity index (χ4n) is 4.69. The van der Waals surface area contributed by atoms with Crippen molar-refractivity contribution in [3.05, 3.63) is 53.1 Å². The van der Waals surface area contributed by atoms with Crippen molar-refractivity contribution in [3.8, 4) is 0 Å². The van der Waals surface area contributed by atoms with E-state index in [-0.39, 0.29) is 17.4 Å². The first kappa shape index (κ1) is 23.3. The quantitative estimate of drug-likeness (QED) is 0.674. The lowest BCUT2D eigenvalue weighted by atomic mass is 10.1. The molecule has 1 fully saturated rings. The maximum Gasteiger partial charge on any atom is 0.265 e. The van der Waals surface area contributed by atoms with E-state index in [0.29, 0.717) is 35.7 Å². The molecule has 0 spiro atoms. The van der Waals surface area contributed by atoms with E-state index < -0.39 is 27.9 Å². The molecule has 2 aromatic carbocycles. The summed E-state index contributed by atoms with van der Waals surface area (Å²) in [4.78, 5) is 25.9. The number of hydrogen-bond acceptors (Lipinski definition) is 5. The Morgan fingerprint density at radius 3 is 2.55 bits per heavy atom. The lowest BCUT2D eigenvalue weighted by Crippen LogP contribution is -2.53. The number of carbonyl (C=O) groups is 2. The topological polar surface area (TPSA) is 105 Å². The number of nitrogens with one attached hydrogen (secondary N) is 2. The molecule has 2 unspecified atom stereocenters. The van der Waals surface area contributed by atoms with Gasteiger partial charge < -0.3 is 15.4 Å². The molecular weight excluding hydrogens is 442 g/mol. The van der Waals surface area contributed by atoms with Crippen LogP contribution < -0.4 is 14.9 Å². The third-order valence-corrected chi connectivity index (χ3v) is 8.17. The van der Waals surface area contributed by atoms with Crippen molar-refractivity contribution in [3.63, 3.8) is 0 Å². The maximum absolute atomic E-state index is 14.0. The number of aryl methyl sites for hydroxylation is 3. The van der Waals surface area contributed by atoms with Crippen LogP contribution in [0.4, 0.5) is 11.4 Å². The molecule has 0 radical (unpaired) electrons. The number of anilines is 2. The van der Waals surface area contributed by atoms with Crippen molar-refractivity contribution in [2.45, 2.75) is 57.1 Å². The summed E-state index contributed by atoms with van der Waals surface area (Å²) in [5, 5.41) is 5.55. The second kappa shape index (κ2) is 9.15. The fraction of sp³-hybridized carbons (Fsp3) is 0.417. The summed E-state index contributed by atoms with van der Waals surface area (Å²) in [6.07, 6.45) is 1.47. The molecule has 2 aliphatic rings. The largest absolute Gasteiger partial charge is 0.376 e. The van der Waals surface area contributed by atoms with Crippen LogP contribution in [0.1, 0.15) is 36.0 Å². The van der Waals surface area contributed by atoms with Gasteiger partial charge >= 0.3 is 0 Å². The number of rotatable bonds is 6. The van der Waals surface area contributed by atoms with Gasteiger partial charge in [-0.2, -0.15) is 0 Å². The summed E-state index contributed by atoms with van der Waals surface area (Å²) in [6.45, 7) is 6.40. The van der Waals surface area contributed by atoms with E-state index in [1.165, 1.54) is 0 Å². The van der Waals surface area contributed by atoms with Gasteiger partial charge in [-0.25, -0.2) is 8.42 Å². The molecule has 2 aliphatic heterocycles. The zero-order valence-corrected chi connectivity index (χ0v) is 19.9. The summed E-state index contributed by atoms with van der Waals surface area (Å²) in [7, 11) is -4.14. The minimum Gasteiger partial charge on any atom is -0.376 e. The minimum atomic E-state index is -4.14. The highest BCUT2D eigenvalue weighted by Gasteiger charge is 2.43. The van der Waals surface area contributed by atoms with Crippen molar-refractivity contribution < 1.29 is 22.7 Å². The highest BCUT2D eigenvalue weighted by Crippen LogP contribution is 2.38. The van der Waals surface area contributed by atoms with Crippen LogP contribution in [-0.2, 0) is 24.3 Å². The van der Waals surface area contributed by atoms with Gasteiger partial charge in [0.15, 0.2) is 0 Å². The molecule has 2 atom stereocenters. The molecule has 2 N–H and O–H groups in total. The number of fused-ring (bicyclic) bond motifs is 1. The lowest BCUT2D eigenvalue weighted by molar-refractivity contribution is -0.125. The van der Waals surface area contributed by atoms with E-state index in [9.17, 15) is 18.0 Å². The van der Waals surface area contributed by atoms with Gasteiger partial charge in [0.1, 0.15) is 6.04 Å². The van der Waals surface area contributed by atoms with Crippen molar-refractivity contribution >= 4 is 33.2 Å². The van der Waals surface area contributed by atoms with Crippen LogP contribution in [0.5, 0.6) is 0 Å². The first-order valence-electron chi connectivity index (χ1n) is 11.1. The Kier molecular flexibility index (Phi) is 6.45. The van der Waals surface area contributed by atoms with Gasteiger partial charge in [0.2, 0.25) is 11.8 Å². The zero-order valence-electron chi connectivity index (χ0n) is 19.1. The number of carbonyl (C=O) groups excluding carboxylic acids is 2. The van der Waals surface area contributed by atoms with Crippen molar-refractivity contribution in [2.24, 2.45) is 0 Å². The van der Waals surface area contributed by atoms with Crippen LogP contribution in [0.25, 0.3) is 0 Å². The van der Waals surface area contributed by atoms with Gasteiger partial charge in [-0.15, -0.1) is 0 Å². The fourth-order valence-corrected chi connectivity index (χ4v) is 6.74. The average Bonchev–Trinajstić information content (AvgIpc) is 3.25. The van der Waals surface area contributed by atoms with E-state index >= 15 is 0 Å². The summed E-state index contributed by atoms with van der Waals surface area (Å²) in [5.74, 6) is -0.936. The molecule has 4 rings (SSSR count). The summed E-state index contributed by atoms with van der Waals surface area (Å²) < 4.78 is 34.6. The van der Waals surface area contributed by atoms with Gasteiger partial charge in [-0.3, -0.25) is 13.9 Å². The van der Waals surface area contributed by atoms with Gasteiger partial charge in [-0.05, 0) is 56.9 Å². The lowest BCUT2D eigenvalue weighted by Gasteiger charge is -2.37. The molecule has 0 saturated carbocycles. The predicted octanol–water partition coefficient (Wildman–Crippen LogP) is 2.81. The smallest absolute Gasteiger partial charge is 0.265 e. The highest BCUT2D eigenvalue weighted by atomic mass is 32.2. The SMILES string of the molecule is Cc1cc(C)c(S(=O)(=O)N2c3ccccc3NC(=O)C2CC(=O)NCC2CCCO2)c(C)c1. The number of hydrogen-bond donors (Lipinski definition) is 2. The first-order chi connectivity index (χ1) is 15.7. The minimum absolute atomic E-state index is 0.0486. The van der Waals surface area contributed by atoms with Crippen molar-refractivity contribution in [1.29, 1.82) is 0 Å². The molecule has 0 bridgehead atoms. The zero-order chi connectivity index (χ0) is 23.8. The molecule has 33 heavy (non-hydrogen) atoms. The van der Waals surface area contributed by atoms with Gasteiger partial charge in [0.05, 0.1) is 28.8 Å². The normalized spacial score (nSPS) is 20.3. The molecule has 0 aromatic heterocycles. The monoisotopic (exact) mass is 471 g/mol. The van der Waals surface area contributed by atoms with E-state index in [4.69, 9.17) is 4.74 Å². The van der Waals surface area contributed by atoms with Gasteiger partial charge in [-0.1, -0.05) is 29.8 Å². The Bertz CT molecular complexity index is 1170. The van der Waals surface area contributed by atoms with Crippen LogP contribution >= 0.6 is 0 Å². The number of ether oxygens (including phenoxy) is 1. The molecule has 2 amide bonds. The van der Waals surface area contributed by atoms with Gasteiger partial charge in [0, 0.05) is 13.2 Å². The Morgan fingerprint density at radius 2 is 1.88 bits per heavy atom. The van der Waals surface area contributed by atoms with Crippen LogP contribution in [0.2, 0.25) is 0 Å². The van der Waals surface area contributed by atoms with Crippen LogP contribution in [0.15, 0.2) is 41.3 Å². The summed E-state index contributed by atoms with van der Waals surface area (Å²) >= 11 is 0.